The number of nitrogens with zero attached hydrogens (tertiary/aromatic N) is 1. The van der Waals surface area contributed by atoms with Gasteiger partial charge in [-0.25, -0.2) is 0 Å². The summed E-state index contributed by atoms with van der Waals surface area (Å²) < 4.78 is 0. The van der Waals surface area contributed by atoms with Gasteiger partial charge in [-0.05, 0) is 38.2 Å². The van der Waals surface area contributed by atoms with E-state index in [9.17, 15) is 10.1 Å². The van der Waals surface area contributed by atoms with Gasteiger partial charge in [0.25, 0.3) is 0 Å². The predicted octanol–water partition coefficient (Wildman–Crippen LogP) is 3.66. The highest BCUT2D eigenvalue weighted by molar-refractivity contribution is 5.77. The lowest BCUT2D eigenvalue weighted by Gasteiger charge is -2.31. The highest BCUT2D eigenvalue weighted by Gasteiger charge is 2.33. The van der Waals surface area contributed by atoms with E-state index in [1.165, 1.54) is 17.5 Å². The second-order valence-corrected chi connectivity index (χ2v) is 6.14. The Hall–Kier alpha value is -1.82. The van der Waals surface area contributed by atoms with E-state index >= 15 is 0 Å². The van der Waals surface area contributed by atoms with Crippen molar-refractivity contribution in [2.45, 2.75) is 63.8 Å². The Labute approximate surface area is 127 Å². The van der Waals surface area contributed by atoms with E-state index in [1.807, 2.05) is 0 Å². The predicted molar refractivity (Wildman–Crippen MR) is 83.7 cm³/mol. The topological polar surface area (TPSA) is 52.9 Å². The van der Waals surface area contributed by atoms with E-state index in [1.54, 1.807) is 0 Å². The quantitative estimate of drug-likeness (QED) is 0.897. The summed E-state index contributed by atoms with van der Waals surface area (Å²) in [6, 6.07) is 10.8. The zero-order valence-corrected chi connectivity index (χ0v) is 12.8. The summed E-state index contributed by atoms with van der Waals surface area (Å²) in [4.78, 5) is 12.1. The molecule has 1 amide bonds. The van der Waals surface area contributed by atoms with Crippen LogP contribution in [0.15, 0.2) is 24.3 Å². The molecule has 0 aliphatic heterocycles. The second kappa shape index (κ2) is 7.26. The minimum absolute atomic E-state index is 0.0190. The SMILES string of the molecule is Cc1ccc(CCCC(=O)NC2(C#N)CCCCC2)cc1. The maximum absolute atomic E-state index is 12.1. The van der Waals surface area contributed by atoms with Gasteiger partial charge in [0, 0.05) is 6.42 Å². The van der Waals surface area contributed by atoms with E-state index in [0.717, 1.165) is 38.5 Å². The summed E-state index contributed by atoms with van der Waals surface area (Å²) in [7, 11) is 0. The highest BCUT2D eigenvalue weighted by Crippen LogP contribution is 2.27. The molecule has 3 heteroatoms. The van der Waals surface area contributed by atoms with Gasteiger partial charge >= 0.3 is 0 Å². The Bertz CT molecular complexity index is 507. The van der Waals surface area contributed by atoms with Crippen molar-refractivity contribution in [2.24, 2.45) is 0 Å². The van der Waals surface area contributed by atoms with Crippen LogP contribution in [0.5, 0.6) is 0 Å². The van der Waals surface area contributed by atoms with Crippen LogP contribution in [0.1, 0.15) is 56.1 Å². The third-order valence-electron chi connectivity index (χ3n) is 4.29. The smallest absolute Gasteiger partial charge is 0.221 e. The first kappa shape index (κ1) is 15.6. The van der Waals surface area contributed by atoms with Crippen molar-refractivity contribution in [3.63, 3.8) is 0 Å². The fourth-order valence-electron chi connectivity index (χ4n) is 2.96. The van der Waals surface area contributed by atoms with Gasteiger partial charge in [0.05, 0.1) is 6.07 Å². The maximum Gasteiger partial charge on any atom is 0.221 e. The highest BCUT2D eigenvalue weighted by atomic mass is 16.1. The summed E-state index contributed by atoms with van der Waals surface area (Å²) in [5, 5.41) is 12.3. The average molecular weight is 284 g/mol. The normalized spacial score (nSPS) is 17.0. The van der Waals surface area contributed by atoms with Gasteiger partial charge in [0.1, 0.15) is 5.54 Å². The molecule has 1 aliphatic carbocycles. The van der Waals surface area contributed by atoms with E-state index in [0.29, 0.717) is 6.42 Å². The molecule has 0 bridgehead atoms. The molecule has 0 heterocycles. The van der Waals surface area contributed by atoms with Crippen LogP contribution in [0, 0.1) is 18.3 Å². The van der Waals surface area contributed by atoms with Gasteiger partial charge in [0.15, 0.2) is 0 Å². The molecule has 1 aromatic rings. The zero-order valence-electron chi connectivity index (χ0n) is 12.8. The lowest BCUT2D eigenvalue weighted by atomic mass is 9.82. The second-order valence-electron chi connectivity index (χ2n) is 6.14. The van der Waals surface area contributed by atoms with Crippen molar-refractivity contribution in [3.8, 4) is 6.07 Å². The van der Waals surface area contributed by atoms with Gasteiger partial charge in [-0.2, -0.15) is 5.26 Å². The standard InChI is InChI=1S/C18H24N2O/c1-15-8-10-16(11-9-15)6-5-7-17(21)20-18(14-19)12-3-2-4-13-18/h8-11H,2-7,12-13H2,1H3,(H,20,21). The molecule has 1 N–H and O–H groups in total. The number of amides is 1. The van der Waals surface area contributed by atoms with Gasteiger partial charge in [-0.1, -0.05) is 49.1 Å². The lowest BCUT2D eigenvalue weighted by Crippen LogP contribution is -2.48. The van der Waals surface area contributed by atoms with Crippen molar-refractivity contribution >= 4 is 5.91 Å². The number of hydrogen-bond acceptors (Lipinski definition) is 2. The zero-order chi connectivity index (χ0) is 15.1. The van der Waals surface area contributed by atoms with Crippen molar-refractivity contribution < 1.29 is 4.79 Å². The summed E-state index contributed by atoms with van der Waals surface area (Å²) in [5.74, 6) is 0.0190. The summed E-state index contributed by atoms with van der Waals surface area (Å²) in [5.41, 5.74) is 1.92. The van der Waals surface area contributed by atoms with E-state index in [4.69, 9.17) is 0 Å². The molecule has 1 aromatic carbocycles. The molecule has 0 saturated heterocycles. The number of nitriles is 1. The number of rotatable bonds is 5. The van der Waals surface area contributed by atoms with Crippen molar-refractivity contribution in [3.05, 3.63) is 35.4 Å². The maximum atomic E-state index is 12.1. The molecule has 0 unspecified atom stereocenters. The minimum Gasteiger partial charge on any atom is -0.338 e. The number of benzene rings is 1. The lowest BCUT2D eigenvalue weighted by molar-refractivity contribution is -0.122. The first-order valence-corrected chi connectivity index (χ1v) is 7.91. The van der Waals surface area contributed by atoms with Crippen LogP contribution in [0.25, 0.3) is 0 Å². The van der Waals surface area contributed by atoms with E-state index in [2.05, 4.69) is 42.6 Å². The van der Waals surface area contributed by atoms with Gasteiger partial charge < -0.3 is 5.32 Å². The molecule has 1 fully saturated rings. The molecular formula is C18H24N2O. The van der Waals surface area contributed by atoms with Crippen LogP contribution in [-0.2, 0) is 11.2 Å². The summed E-state index contributed by atoms with van der Waals surface area (Å²) in [6.07, 6.45) is 7.09. The molecule has 0 radical (unpaired) electrons. The number of carbonyl (C=O) groups excluding carboxylic acids is 1. The molecule has 0 atom stereocenters. The molecule has 3 nitrogen and oxygen atoms in total. The first-order chi connectivity index (χ1) is 10.1. The molecule has 0 spiro atoms. The monoisotopic (exact) mass is 284 g/mol. The number of hydrogen-bond donors (Lipinski definition) is 1. The van der Waals surface area contributed by atoms with Crippen molar-refractivity contribution in [2.75, 3.05) is 0 Å². The molecule has 1 saturated carbocycles. The molecule has 2 rings (SSSR count). The van der Waals surface area contributed by atoms with Gasteiger partial charge in [-0.15, -0.1) is 0 Å². The Morgan fingerprint density at radius 3 is 2.52 bits per heavy atom. The van der Waals surface area contributed by atoms with Crippen LogP contribution in [0.2, 0.25) is 0 Å². The van der Waals surface area contributed by atoms with Crippen LogP contribution >= 0.6 is 0 Å². The van der Waals surface area contributed by atoms with Crippen LogP contribution in [-0.4, -0.2) is 11.4 Å². The summed E-state index contributed by atoms with van der Waals surface area (Å²) >= 11 is 0. The average Bonchev–Trinajstić information content (AvgIpc) is 2.50. The minimum atomic E-state index is -0.598. The van der Waals surface area contributed by atoms with Crippen LogP contribution in [0.3, 0.4) is 0 Å². The molecular weight excluding hydrogens is 260 g/mol. The fraction of sp³-hybridized carbons (Fsp3) is 0.556. The van der Waals surface area contributed by atoms with Crippen molar-refractivity contribution in [1.29, 1.82) is 5.26 Å². The third-order valence-corrected chi connectivity index (χ3v) is 4.29. The van der Waals surface area contributed by atoms with Gasteiger partial charge in [-0.3, -0.25) is 4.79 Å². The molecule has 112 valence electrons. The number of carbonyl (C=O) groups is 1. The molecule has 1 aliphatic rings. The first-order valence-electron chi connectivity index (χ1n) is 7.91. The van der Waals surface area contributed by atoms with Crippen LogP contribution < -0.4 is 5.32 Å². The Kier molecular flexibility index (Phi) is 5.38. The summed E-state index contributed by atoms with van der Waals surface area (Å²) in [6.45, 7) is 2.07. The number of aryl methyl sites for hydroxylation is 2. The Morgan fingerprint density at radius 2 is 1.90 bits per heavy atom. The Balaban J connectivity index is 1.76. The molecule has 0 aromatic heterocycles. The van der Waals surface area contributed by atoms with Gasteiger partial charge in [0.2, 0.25) is 5.91 Å². The number of nitrogens with one attached hydrogen (secondary N) is 1. The van der Waals surface area contributed by atoms with E-state index in [-0.39, 0.29) is 5.91 Å². The fourth-order valence-corrected chi connectivity index (χ4v) is 2.96. The third kappa shape index (κ3) is 4.60. The largest absolute Gasteiger partial charge is 0.338 e. The Morgan fingerprint density at radius 1 is 1.24 bits per heavy atom. The molecule has 21 heavy (non-hydrogen) atoms. The van der Waals surface area contributed by atoms with E-state index < -0.39 is 5.54 Å². The van der Waals surface area contributed by atoms with Crippen LogP contribution in [0.4, 0.5) is 0 Å². The van der Waals surface area contributed by atoms with Crippen molar-refractivity contribution in [1.82, 2.24) is 5.32 Å².